The number of hydrogen-bond acceptors (Lipinski definition) is 2. The number of piperidine rings is 1. The van der Waals surface area contributed by atoms with Crippen LogP contribution in [0.1, 0.15) is 29.9 Å². The normalized spacial score (nSPS) is 27.8. The van der Waals surface area contributed by atoms with Crippen molar-refractivity contribution in [2.45, 2.75) is 30.8 Å². The van der Waals surface area contributed by atoms with E-state index in [1.165, 1.54) is 37.1 Å². The highest BCUT2D eigenvalue weighted by atomic mass is 15.2. The number of rotatable bonds is 3. The molecule has 22 heavy (non-hydrogen) atoms. The maximum absolute atomic E-state index is 3.65. The Kier molecular flexibility index (Phi) is 3.96. The van der Waals surface area contributed by atoms with E-state index in [4.69, 9.17) is 0 Å². The zero-order chi connectivity index (χ0) is 14.8. The van der Waals surface area contributed by atoms with Gasteiger partial charge in [0.15, 0.2) is 0 Å². The minimum absolute atomic E-state index is 0.487. The molecule has 2 saturated heterocycles. The van der Waals surface area contributed by atoms with Crippen LogP contribution in [0.2, 0.25) is 0 Å². The third-order valence-corrected chi connectivity index (χ3v) is 5.27. The molecule has 0 aliphatic carbocycles. The predicted molar refractivity (Wildman–Crippen MR) is 91.1 cm³/mol. The standard InChI is InChI=1S/C20H24N2/c1-3-7-16(8-4-1)20(17-9-5-2-6-10-17)19-12-11-18-15-22(19)14-13-21-18/h1-10,18-21H,11-15H2/t18-,19-/m0/s1. The van der Waals surface area contributed by atoms with Crippen molar-refractivity contribution in [3.63, 3.8) is 0 Å². The number of nitrogens with zero attached hydrogens (tertiary/aromatic N) is 1. The van der Waals surface area contributed by atoms with Gasteiger partial charge in [-0.3, -0.25) is 4.90 Å². The minimum atomic E-state index is 0.487. The van der Waals surface area contributed by atoms with Crippen LogP contribution in [0.25, 0.3) is 0 Å². The van der Waals surface area contributed by atoms with Crippen LogP contribution in [0.5, 0.6) is 0 Å². The fraction of sp³-hybridized carbons (Fsp3) is 0.400. The second kappa shape index (κ2) is 6.23. The lowest BCUT2D eigenvalue weighted by molar-refractivity contribution is 0.0810. The summed E-state index contributed by atoms with van der Waals surface area (Å²) < 4.78 is 0. The van der Waals surface area contributed by atoms with Gasteiger partial charge in [0.2, 0.25) is 0 Å². The zero-order valence-corrected chi connectivity index (χ0v) is 13.0. The molecule has 0 aromatic heterocycles. The number of fused-ring (bicyclic) bond motifs is 2. The third-order valence-electron chi connectivity index (χ3n) is 5.27. The van der Waals surface area contributed by atoms with Gasteiger partial charge in [0, 0.05) is 37.6 Å². The molecule has 0 saturated carbocycles. The van der Waals surface area contributed by atoms with Crippen molar-refractivity contribution < 1.29 is 0 Å². The zero-order valence-electron chi connectivity index (χ0n) is 13.0. The molecule has 1 unspecified atom stereocenters. The smallest absolute Gasteiger partial charge is 0.0245 e. The van der Waals surface area contributed by atoms with Crippen LogP contribution in [0.3, 0.4) is 0 Å². The monoisotopic (exact) mass is 292 g/mol. The van der Waals surface area contributed by atoms with E-state index in [9.17, 15) is 0 Å². The fourth-order valence-electron chi connectivity index (χ4n) is 4.24. The number of hydrogen-bond donors (Lipinski definition) is 1. The van der Waals surface area contributed by atoms with Crippen molar-refractivity contribution in [2.24, 2.45) is 0 Å². The Bertz CT molecular complexity index is 556. The molecule has 0 amide bonds. The molecule has 2 aromatic carbocycles. The van der Waals surface area contributed by atoms with E-state index in [-0.39, 0.29) is 0 Å². The van der Waals surface area contributed by atoms with Crippen LogP contribution in [-0.4, -0.2) is 36.6 Å². The molecule has 2 nitrogen and oxygen atoms in total. The quantitative estimate of drug-likeness (QED) is 0.934. The number of benzene rings is 2. The molecule has 2 heterocycles. The fourth-order valence-corrected chi connectivity index (χ4v) is 4.24. The number of nitrogens with one attached hydrogen (secondary N) is 1. The molecule has 2 fully saturated rings. The predicted octanol–water partition coefficient (Wildman–Crippen LogP) is 3.25. The molecule has 114 valence electrons. The van der Waals surface area contributed by atoms with Gasteiger partial charge in [-0.05, 0) is 24.0 Å². The Morgan fingerprint density at radius 2 is 1.50 bits per heavy atom. The average molecular weight is 292 g/mol. The summed E-state index contributed by atoms with van der Waals surface area (Å²) in [6.45, 7) is 3.52. The molecule has 2 aromatic rings. The summed E-state index contributed by atoms with van der Waals surface area (Å²) >= 11 is 0. The van der Waals surface area contributed by atoms with Gasteiger partial charge in [-0.1, -0.05) is 60.7 Å². The van der Waals surface area contributed by atoms with Crippen molar-refractivity contribution in [1.29, 1.82) is 0 Å². The maximum atomic E-state index is 3.65. The molecule has 4 rings (SSSR count). The summed E-state index contributed by atoms with van der Waals surface area (Å²) in [6, 6.07) is 23.5. The summed E-state index contributed by atoms with van der Waals surface area (Å²) in [5, 5.41) is 3.65. The molecule has 0 radical (unpaired) electrons. The lowest BCUT2D eigenvalue weighted by Gasteiger charge is -2.47. The average Bonchev–Trinajstić information content (AvgIpc) is 2.60. The molecular formula is C20H24N2. The van der Waals surface area contributed by atoms with Gasteiger partial charge >= 0.3 is 0 Å². The van der Waals surface area contributed by atoms with Gasteiger partial charge in [-0.15, -0.1) is 0 Å². The molecule has 3 atom stereocenters. The molecule has 1 N–H and O–H groups in total. The van der Waals surface area contributed by atoms with Crippen molar-refractivity contribution in [3.05, 3.63) is 71.8 Å². The van der Waals surface area contributed by atoms with Crippen LogP contribution in [-0.2, 0) is 0 Å². The summed E-state index contributed by atoms with van der Waals surface area (Å²) in [7, 11) is 0. The van der Waals surface area contributed by atoms with Crippen LogP contribution in [0.15, 0.2) is 60.7 Å². The third kappa shape index (κ3) is 2.69. The first kappa shape index (κ1) is 14.0. The lowest BCUT2D eigenvalue weighted by atomic mass is 9.79. The van der Waals surface area contributed by atoms with Gasteiger partial charge in [0.05, 0.1) is 0 Å². The topological polar surface area (TPSA) is 15.3 Å². The first-order valence-corrected chi connectivity index (χ1v) is 8.49. The molecule has 2 heteroatoms. The second-order valence-corrected chi connectivity index (χ2v) is 6.59. The number of piperazine rings is 1. The molecule has 0 spiro atoms. The van der Waals surface area contributed by atoms with Crippen molar-refractivity contribution in [3.8, 4) is 0 Å². The van der Waals surface area contributed by atoms with E-state index < -0.39 is 0 Å². The lowest BCUT2D eigenvalue weighted by Crippen LogP contribution is -2.59. The maximum Gasteiger partial charge on any atom is 0.0245 e. The Labute approximate surface area is 133 Å². The highest BCUT2D eigenvalue weighted by molar-refractivity contribution is 5.34. The van der Waals surface area contributed by atoms with E-state index >= 15 is 0 Å². The first-order valence-electron chi connectivity index (χ1n) is 8.49. The summed E-state index contributed by atoms with van der Waals surface area (Å²) in [4.78, 5) is 2.72. The van der Waals surface area contributed by atoms with Gasteiger partial charge in [-0.2, -0.15) is 0 Å². The van der Waals surface area contributed by atoms with E-state index in [2.05, 4.69) is 70.9 Å². The van der Waals surface area contributed by atoms with Crippen molar-refractivity contribution in [1.82, 2.24) is 10.2 Å². The summed E-state index contributed by atoms with van der Waals surface area (Å²) in [5.41, 5.74) is 2.91. The van der Waals surface area contributed by atoms with E-state index in [0.29, 0.717) is 18.0 Å². The van der Waals surface area contributed by atoms with Gasteiger partial charge < -0.3 is 5.32 Å². The van der Waals surface area contributed by atoms with E-state index in [1.807, 2.05) is 0 Å². The van der Waals surface area contributed by atoms with Gasteiger partial charge in [0.25, 0.3) is 0 Å². The van der Waals surface area contributed by atoms with Crippen molar-refractivity contribution in [2.75, 3.05) is 19.6 Å². The van der Waals surface area contributed by atoms with Crippen LogP contribution in [0, 0.1) is 0 Å². The first-order chi connectivity index (χ1) is 10.9. The van der Waals surface area contributed by atoms with Gasteiger partial charge in [0.1, 0.15) is 0 Å². The molecule has 2 aliphatic heterocycles. The molecular weight excluding hydrogens is 268 g/mol. The second-order valence-electron chi connectivity index (χ2n) is 6.59. The highest BCUT2D eigenvalue weighted by Gasteiger charge is 2.36. The Morgan fingerprint density at radius 1 is 0.864 bits per heavy atom. The Morgan fingerprint density at radius 3 is 2.14 bits per heavy atom. The van der Waals surface area contributed by atoms with Crippen LogP contribution < -0.4 is 5.32 Å². The van der Waals surface area contributed by atoms with Gasteiger partial charge in [-0.25, -0.2) is 0 Å². The largest absolute Gasteiger partial charge is 0.311 e. The minimum Gasteiger partial charge on any atom is -0.311 e. The molecule has 2 bridgehead atoms. The highest BCUT2D eigenvalue weighted by Crippen LogP contribution is 2.36. The van der Waals surface area contributed by atoms with Crippen LogP contribution in [0.4, 0.5) is 0 Å². The molecule has 2 aliphatic rings. The Hall–Kier alpha value is -1.64. The van der Waals surface area contributed by atoms with Crippen molar-refractivity contribution >= 4 is 0 Å². The SMILES string of the molecule is c1ccc(C(c2ccccc2)[C@@H]2CC[C@H]3CN2CCN3)cc1. The van der Waals surface area contributed by atoms with Crippen LogP contribution >= 0.6 is 0 Å². The summed E-state index contributed by atoms with van der Waals surface area (Å²) in [5.74, 6) is 0.487. The van der Waals surface area contributed by atoms with E-state index in [0.717, 1.165) is 6.54 Å². The van der Waals surface area contributed by atoms with E-state index in [1.54, 1.807) is 0 Å². The Balaban J connectivity index is 1.71. The summed E-state index contributed by atoms with van der Waals surface area (Å²) in [6.07, 6.45) is 2.59.